The van der Waals surface area contributed by atoms with E-state index in [-0.39, 0.29) is 0 Å². The number of fused-ring (bicyclic) bond motifs is 1. The molecule has 0 aromatic heterocycles. The van der Waals surface area contributed by atoms with Crippen LogP contribution in [0.3, 0.4) is 0 Å². The third kappa shape index (κ3) is 2.34. The lowest BCUT2D eigenvalue weighted by molar-refractivity contribution is 0.280. The summed E-state index contributed by atoms with van der Waals surface area (Å²) < 4.78 is 11.6. The van der Waals surface area contributed by atoms with E-state index in [0.29, 0.717) is 5.90 Å². The Labute approximate surface area is 129 Å². The second-order valence-corrected chi connectivity index (χ2v) is 5.49. The quantitative estimate of drug-likeness (QED) is 0.854. The fourth-order valence-corrected chi connectivity index (χ4v) is 2.91. The molecule has 0 saturated heterocycles. The van der Waals surface area contributed by atoms with Crippen LogP contribution in [-0.2, 0) is 9.47 Å². The van der Waals surface area contributed by atoms with Crippen molar-refractivity contribution in [2.24, 2.45) is 9.98 Å². The summed E-state index contributed by atoms with van der Waals surface area (Å²) in [5.41, 5.74) is 2.00. The second kappa shape index (κ2) is 5.79. The highest BCUT2D eigenvalue weighted by Crippen LogP contribution is 2.26. The average Bonchev–Trinajstić information content (AvgIpc) is 2.62. The summed E-state index contributed by atoms with van der Waals surface area (Å²) in [6.07, 6.45) is 1.95. The third-order valence-corrected chi connectivity index (χ3v) is 3.97. The standard InChI is InChI=1S/C18H18N2O2/c1-2-6-14-13(5-1)7-8-15(17-19-9-3-11-21-17)16(14)18-20-10-4-12-22-18/h1-2,5-8H,3-4,9-12H2. The van der Waals surface area contributed by atoms with Crippen molar-refractivity contribution >= 4 is 22.6 Å². The van der Waals surface area contributed by atoms with Gasteiger partial charge in [0, 0.05) is 31.5 Å². The third-order valence-electron chi connectivity index (χ3n) is 3.97. The molecule has 2 aliphatic rings. The van der Waals surface area contributed by atoms with Crippen molar-refractivity contribution in [1.82, 2.24) is 0 Å². The molecule has 2 aromatic rings. The molecular weight excluding hydrogens is 276 g/mol. The summed E-state index contributed by atoms with van der Waals surface area (Å²) in [4.78, 5) is 9.14. The maximum atomic E-state index is 5.84. The predicted octanol–water partition coefficient (Wildman–Crippen LogP) is 3.17. The minimum absolute atomic E-state index is 0.712. The Morgan fingerprint density at radius 1 is 0.773 bits per heavy atom. The number of rotatable bonds is 2. The maximum absolute atomic E-state index is 5.84. The van der Waals surface area contributed by atoms with Gasteiger partial charge in [0.1, 0.15) is 0 Å². The Morgan fingerprint density at radius 2 is 1.50 bits per heavy atom. The fourth-order valence-electron chi connectivity index (χ4n) is 2.91. The van der Waals surface area contributed by atoms with Gasteiger partial charge in [-0.05, 0) is 16.8 Å². The molecule has 112 valence electrons. The van der Waals surface area contributed by atoms with Gasteiger partial charge in [-0.2, -0.15) is 0 Å². The number of hydrogen-bond donors (Lipinski definition) is 0. The molecule has 2 heterocycles. The molecule has 4 rings (SSSR count). The highest BCUT2D eigenvalue weighted by molar-refractivity contribution is 6.15. The van der Waals surface area contributed by atoms with Gasteiger partial charge in [0.25, 0.3) is 0 Å². The zero-order valence-electron chi connectivity index (χ0n) is 12.4. The highest BCUT2D eigenvalue weighted by atomic mass is 16.5. The van der Waals surface area contributed by atoms with Crippen molar-refractivity contribution in [3.05, 3.63) is 47.5 Å². The zero-order chi connectivity index (χ0) is 14.8. The summed E-state index contributed by atoms with van der Waals surface area (Å²) in [5, 5.41) is 2.31. The molecule has 2 aliphatic heterocycles. The fraction of sp³-hybridized carbons (Fsp3) is 0.333. The molecule has 0 spiro atoms. The monoisotopic (exact) mass is 294 g/mol. The average molecular weight is 294 g/mol. The van der Waals surface area contributed by atoms with E-state index >= 15 is 0 Å². The van der Waals surface area contributed by atoms with Crippen molar-refractivity contribution in [1.29, 1.82) is 0 Å². The molecule has 0 aliphatic carbocycles. The Kier molecular flexibility index (Phi) is 3.51. The molecule has 0 radical (unpaired) electrons. The van der Waals surface area contributed by atoms with E-state index in [9.17, 15) is 0 Å². The number of aliphatic imine (C=N–C) groups is 2. The number of nitrogens with zero attached hydrogens (tertiary/aromatic N) is 2. The van der Waals surface area contributed by atoms with E-state index in [1.54, 1.807) is 0 Å². The first kappa shape index (κ1) is 13.3. The van der Waals surface area contributed by atoms with Crippen LogP contribution in [0.4, 0.5) is 0 Å². The summed E-state index contributed by atoms with van der Waals surface area (Å²) in [5.74, 6) is 1.43. The molecule has 0 amide bonds. The first-order valence-electron chi connectivity index (χ1n) is 7.80. The van der Waals surface area contributed by atoms with Gasteiger partial charge in [0.05, 0.1) is 18.8 Å². The Hall–Kier alpha value is -2.36. The van der Waals surface area contributed by atoms with Crippen molar-refractivity contribution in [2.45, 2.75) is 12.8 Å². The topological polar surface area (TPSA) is 43.2 Å². The minimum Gasteiger partial charge on any atom is -0.477 e. The molecule has 0 bridgehead atoms. The van der Waals surface area contributed by atoms with E-state index in [1.165, 1.54) is 5.39 Å². The SMILES string of the molecule is c1ccc2c(C3=NCCCO3)c(C3=NCCCO3)ccc2c1. The summed E-state index contributed by atoms with van der Waals surface area (Å²) in [6, 6.07) is 12.5. The van der Waals surface area contributed by atoms with Crippen LogP contribution >= 0.6 is 0 Å². The van der Waals surface area contributed by atoms with Crippen molar-refractivity contribution < 1.29 is 9.47 Å². The van der Waals surface area contributed by atoms with Crippen LogP contribution in [0.15, 0.2) is 46.4 Å². The molecule has 2 aromatic carbocycles. The molecule has 0 N–H and O–H groups in total. The van der Waals surface area contributed by atoms with Crippen molar-refractivity contribution in [2.75, 3.05) is 26.3 Å². The Morgan fingerprint density at radius 3 is 2.23 bits per heavy atom. The lowest BCUT2D eigenvalue weighted by Gasteiger charge is -2.21. The van der Waals surface area contributed by atoms with Crippen LogP contribution < -0.4 is 0 Å². The molecule has 4 nitrogen and oxygen atoms in total. The van der Waals surface area contributed by atoms with Crippen LogP contribution in [0.25, 0.3) is 10.8 Å². The molecule has 4 heteroatoms. The van der Waals surface area contributed by atoms with Gasteiger partial charge in [-0.25, -0.2) is 0 Å². The molecule has 0 unspecified atom stereocenters. The first-order chi connectivity index (χ1) is 10.9. The van der Waals surface area contributed by atoms with Crippen LogP contribution in [0.5, 0.6) is 0 Å². The van der Waals surface area contributed by atoms with Gasteiger partial charge in [0.15, 0.2) is 0 Å². The van der Waals surface area contributed by atoms with Crippen LogP contribution in [0.2, 0.25) is 0 Å². The van der Waals surface area contributed by atoms with E-state index in [1.807, 2.05) is 12.1 Å². The number of ether oxygens (including phenoxy) is 2. The molecular formula is C18H18N2O2. The smallest absolute Gasteiger partial charge is 0.217 e. The molecule has 22 heavy (non-hydrogen) atoms. The van der Waals surface area contributed by atoms with Gasteiger partial charge in [0.2, 0.25) is 11.8 Å². The molecule has 0 saturated carbocycles. The minimum atomic E-state index is 0.712. The summed E-state index contributed by atoms with van der Waals surface area (Å²) in [7, 11) is 0. The van der Waals surface area contributed by atoms with Gasteiger partial charge in [-0.3, -0.25) is 9.98 Å². The van der Waals surface area contributed by atoms with Crippen molar-refractivity contribution in [3.63, 3.8) is 0 Å². The van der Waals surface area contributed by atoms with Crippen molar-refractivity contribution in [3.8, 4) is 0 Å². The van der Waals surface area contributed by atoms with Crippen LogP contribution in [0, 0.1) is 0 Å². The molecule has 0 atom stereocenters. The van der Waals surface area contributed by atoms with Gasteiger partial charge >= 0.3 is 0 Å². The lowest BCUT2D eigenvalue weighted by Crippen LogP contribution is -2.22. The number of hydrogen-bond acceptors (Lipinski definition) is 4. The van der Waals surface area contributed by atoms with E-state index in [2.05, 4.69) is 34.3 Å². The van der Waals surface area contributed by atoms with Crippen LogP contribution in [-0.4, -0.2) is 38.1 Å². The first-order valence-corrected chi connectivity index (χ1v) is 7.80. The number of benzene rings is 2. The zero-order valence-corrected chi connectivity index (χ0v) is 12.4. The van der Waals surface area contributed by atoms with Gasteiger partial charge in [-0.15, -0.1) is 0 Å². The largest absolute Gasteiger partial charge is 0.477 e. The van der Waals surface area contributed by atoms with E-state index < -0.39 is 0 Å². The molecule has 0 fully saturated rings. The maximum Gasteiger partial charge on any atom is 0.217 e. The normalized spacial score (nSPS) is 18.2. The Balaban J connectivity index is 1.95. The van der Waals surface area contributed by atoms with Crippen LogP contribution in [0.1, 0.15) is 24.0 Å². The van der Waals surface area contributed by atoms with Gasteiger partial charge < -0.3 is 9.47 Å². The lowest BCUT2D eigenvalue weighted by atomic mass is 9.98. The van der Waals surface area contributed by atoms with Gasteiger partial charge in [-0.1, -0.05) is 30.3 Å². The second-order valence-electron chi connectivity index (χ2n) is 5.49. The summed E-state index contributed by atoms with van der Waals surface area (Å²) in [6.45, 7) is 3.06. The Bertz CT molecular complexity index is 765. The van der Waals surface area contributed by atoms with E-state index in [4.69, 9.17) is 9.47 Å². The predicted molar refractivity (Wildman–Crippen MR) is 87.9 cm³/mol. The summed E-state index contributed by atoms with van der Waals surface area (Å²) >= 11 is 0. The van der Waals surface area contributed by atoms with E-state index in [0.717, 1.165) is 61.6 Å². The highest BCUT2D eigenvalue weighted by Gasteiger charge is 2.22.